The molecule has 1 N–H and O–H groups in total. The molecule has 3 nitrogen and oxygen atoms in total. The van der Waals surface area contributed by atoms with Gasteiger partial charge in [-0.05, 0) is 31.1 Å². The Morgan fingerprint density at radius 1 is 1.25 bits per heavy atom. The molecule has 1 amide bonds. The standard InChI is InChI=1S/C17H32N2O/c1-5-9-14-17(20)19(16(18-14)12(2)3)15-11-8-6-7-10-13(15)4/h12-16,18H,5-11H2,1-4H3. The van der Waals surface area contributed by atoms with Gasteiger partial charge in [-0.2, -0.15) is 0 Å². The lowest BCUT2D eigenvalue weighted by molar-refractivity contribution is -0.134. The van der Waals surface area contributed by atoms with Crippen LogP contribution in [-0.4, -0.2) is 29.1 Å². The van der Waals surface area contributed by atoms with Crippen LogP contribution in [0.2, 0.25) is 0 Å². The van der Waals surface area contributed by atoms with E-state index in [1.165, 1.54) is 32.1 Å². The molecule has 0 bridgehead atoms. The molecule has 1 saturated carbocycles. The molecule has 2 rings (SSSR count). The topological polar surface area (TPSA) is 32.3 Å². The van der Waals surface area contributed by atoms with Gasteiger partial charge in [0.2, 0.25) is 5.91 Å². The van der Waals surface area contributed by atoms with Crippen LogP contribution >= 0.6 is 0 Å². The van der Waals surface area contributed by atoms with Gasteiger partial charge in [0.1, 0.15) is 0 Å². The van der Waals surface area contributed by atoms with Crippen LogP contribution in [0.4, 0.5) is 0 Å². The molecule has 0 aromatic rings. The van der Waals surface area contributed by atoms with Gasteiger partial charge < -0.3 is 4.90 Å². The van der Waals surface area contributed by atoms with E-state index in [0.717, 1.165) is 12.8 Å². The Morgan fingerprint density at radius 3 is 2.60 bits per heavy atom. The summed E-state index contributed by atoms with van der Waals surface area (Å²) in [5.74, 6) is 1.49. The number of carbonyl (C=O) groups is 1. The van der Waals surface area contributed by atoms with Crippen molar-refractivity contribution in [3.63, 3.8) is 0 Å². The van der Waals surface area contributed by atoms with Crippen LogP contribution in [0, 0.1) is 11.8 Å². The van der Waals surface area contributed by atoms with Gasteiger partial charge >= 0.3 is 0 Å². The summed E-state index contributed by atoms with van der Waals surface area (Å²) in [5.41, 5.74) is 0. The Bertz CT molecular complexity index is 329. The number of amides is 1. The van der Waals surface area contributed by atoms with E-state index in [1.807, 2.05) is 0 Å². The minimum Gasteiger partial charge on any atom is -0.322 e. The first-order valence-corrected chi connectivity index (χ1v) is 8.64. The van der Waals surface area contributed by atoms with Crippen LogP contribution in [0.5, 0.6) is 0 Å². The molecule has 0 aromatic carbocycles. The van der Waals surface area contributed by atoms with Crippen molar-refractivity contribution in [3.05, 3.63) is 0 Å². The highest BCUT2D eigenvalue weighted by molar-refractivity contribution is 5.84. The average Bonchev–Trinajstić information content (AvgIpc) is 2.58. The molecule has 1 saturated heterocycles. The molecule has 1 aliphatic carbocycles. The van der Waals surface area contributed by atoms with Crippen molar-refractivity contribution in [2.45, 2.75) is 90.9 Å². The summed E-state index contributed by atoms with van der Waals surface area (Å²) in [6.45, 7) is 8.96. The van der Waals surface area contributed by atoms with Gasteiger partial charge in [-0.15, -0.1) is 0 Å². The van der Waals surface area contributed by atoms with E-state index in [1.54, 1.807) is 0 Å². The fourth-order valence-corrected chi connectivity index (χ4v) is 3.94. The third kappa shape index (κ3) is 3.19. The Balaban J connectivity index is 2.18. The van der Waals surface area contributed by atoms with Crippen molar-refractivity contribution in [1.82, 2.24) is 10.2 Å². The summed E-state index contributed by atoms with van der Waals surface area (Å²) in [6.07, 6.45) is 8.70. The van der Waals surface area contributed by atoms with Gasteiger partial charge in [-0.25, -0.2) is 0 Å². The third-order valence-electron chi connectivity index (χ3n) is 5.11. The van der Waals surface area contributed by atoms with Gasteiger partial charge in [0, 0.05) is 6.04 Å². The van der Waals surface area contributed by atoms with E-state index in [2.05, 4.69) is 37.9 Å². The summed E-state index contributed by atoms with van der Waals surface area (Å²) >= 11 is 0. The van der Waals surface area contributed by atoms with E-state index in [0.29, 0.717) is 23.8 Å². The minimum atomic E-state index is 0.0582. The average molecular weight is 280 g/mol. The van der Waals surface area contributed by atoms with Crippen LogP contribution in [0.3, 0.4) is 0 Å². The zero-order chi connectivity index (χ0) is 14.7. The molecule has 2 aliphatic rings. The predicted octanol–water partition coefficient (Wildman–Crippen LogP) is 3.54. The van der Waals surface area contributed by atoms with E-state index in [-0.39, 0.29) is 12.2 Å². The van der Waals surface area contributed by atoms with Crippen LogP contribution < -0.4 is 5.32 Å². The summed E-state index contributed by atoms with van der Waals surface area (Å²) in [5, 5.41) is 3.61. The Hall–Kier alpha value is -0.570. The van der Waals surface area contributed by atoms with E-state index in [9.17, 15) is 4.79 Å². The summed E-state index contributed by atoms with van der Waals surface area (Å²) < 4.78 is 0. The van der Waals surface area contributed by atoms with Gasteiger partial charge in [-0.1, -0.05) is 53.4 Å². The molecular weight excluding hydrogens is 248 g/mol. The highest BCUT2D eigenvalue weighted by Crippen LogP contribution is 2.32. The quantitative estimate of drug-likeness (QED) is 0.799. The van der Waals surface area contributed by atoms with Crippen LogP contribution in [0.25, 0.3) is 0 Å². The number of nitrogens with one attached hydrogen (secondary N) is 1. The van der Waals surface area contributed by atoms with Gasteiger partial charge in [0.25, 0.3) is 0 Å². The van der Waals surface area contributed by atoms with Crippen molar-refractivity contribution >= 4 is 5.91 Å². The predicted molar refractivity (Wildman–Crippen MR) is 83.3 cm³/mol. The minimum absolute atomic E-state index is 0.0582. The second-order valence-electron chi connectivity index (χ2n) is 7.12. The van der Waals surface area contributed by atoms with Crippen molar-refractivity contribution in [3.8, 4) is 0 Å². The number of nitrogens with zero attached hydrogens (tertiary/aromatic N) is 1. The van der Waals surface area contributed by atoms with Crippen LogP contribution in [-0.2, 0) is 4.79 Å². The number of rotatable bonds is 4. The van der Waals surface area contributed by atoms with E-state index in [4.69, 9.17) is 0 Å². The molecule has 1 aliphatic heterocycles. The molecule has 4 atom stereocenters. The lowest BCUT2D eigenvalue weighted by atomic mass is 9.94. The molecule has 20 heavy (non-hydrogen) atoms. The first kappa shape index (κ1) is 15.8. The molecule has 0 radical (unpaired) electrons. The smallest absolute Gasteiger partial charge is 0.241 e. The normalized spacial score (nSPS) is 35.6. The zero-order valence-corrected chi connectivity index (χ0v) is 13.7. The highest BCUT2D eigenvalue weighted by atomic mass is 16.2. The van der Waals surface area contributed by atoms with Gasteiger partial charge in [-0.3, -0.25) is 10.1 Å². The Labute approximate surface area is 124 Å². The van der Waals surface area contributed by atoms with Gasteiger partial charge in [0.05, 0.1) is 12.2 Å². The fourth-order valence-electron chi connectivity index (χ4n) is 3.94. The maximum Gasteiger partial charge on any atom is 0.241 e. The first-order valence-electron chi connectivity index (χ1n) is 8.64. The molecule has 0 spiro atoms. The lowest BCUT2D eigenvalue weighted by Gasteiger charge is -2.37. The molecule has 3 heteroatoms. The SMILES string of the molecule is CCCC1NC(C(C)C)N(C2CCCCCC2C)C1=O. The van der Waals surface area contributed by atoms with Crippen molar-refractivity contribution in [2.75, 3.05) is 0 Å². The Kier molecular flexibility index (Phi) is 5.48. The van der Waals surface area contributed by atoms with Crippen LogP contribution in [0.15, 0.2) is 0 Å². The lowest BCUT2D eigenvalue weighted by Crippen LogP contribution is -2.49. The number of hydrogen-bond donors (Lipinski definition) is 1. The van der Waals surface area contributed by atoms with Crippen molar-refractivity contribution in [1.29, 1.82) is 0 Å². The largest absolute Gasteiger partial charge is 0.322 e. The molecule has 116 valence electrons. The molecule has 2 fully saturated rings. The second kappa shape index (κ2) is 6.93. The monoisotopic (exact) mass is 280 g/mol. The van der Waals surface area contributed by atoms with Crippen molar-refractivity contribution < 1.29 is 4.79 Å². The summed E-state index contributed by atoms with van der Waals surface area (Å²) in [6, 6.07) is 0.509. The number of hydrogen-bond acceptors (Lipinski definition) is 2. The maximum atomic E-state index is 12.8. The van der Waals surface area contributed by atoms with E-state index < -0.39 is 0 Å². The number of carbonyl (C=O) groups excluding carboxylic acids is 1. The zero-order valence-electron chi connectivity index (χ0n) is 13.7. The first-order chi connectivity index (χ1) is 9.56. The Morgan fingerprint density at radius 2 is 1.95 bits per heavy atom. The summed E-state index contributed by atoms with van der Waals surface area (Å²) in [4.78, 5) is 15.1. The molecule has 1 heterocycles. The molecular formula is C17H32N2O. The maximum absolute atomic E-state index is 12.8. The molecule has 0 aromatic heterocycles. The van der Waals surface area contributed by atoms with Crippen LogP contribution in [0.1, 0.15) is 72.6 Å². The van der Waals surface area contributed by atoms with Crippen molar-refractivity contribution in [2.24, 2.45) is 11.8 Å². The van der Waals surface area contributed by atoms with Gasteiger partial charge in [0.15, 0.2) is 0 Å². The highest BCUT2D eigenvalue weighted by Gasteiger charge is 2.44. The summed E-state index contributed by atoms with van der Waals surface area (Å²) in [7, 11) is 0. The fraction of sp³-hybridized carbons (Fsp3) is 0.941. The second-order valence-corrected chi connectivity index (χ2v) is 7.12. The molecule has 4 unspecified atom stereocenters. The third-order valence-corrected chi connectivity index (χ3v) is 5.11. The van der Waals surface area contributed by atoms with E-state index >= 15 is 0 Å².